The van der Waals surface area contributed by atoms with Gasteiger partial charge in [-0.25, -0.2) is 4.98 Å². The molecule has 4 nitrogen and oxygen atoms in total. The van der Waals surface area contributed by atoms with Gasteiger partial charge in [0, 0.05) is 12.4 Å². The molecule has 2 heterocycles. The normalized spacial score (nSPS) is 11.4. The molecule has 2 aromatic heterocycles. The van der Waals surface area contributed by atoms with E-state index in [0.29, 0.717) is 0 Å². The number of hydrogen-bond acceptors (Lipinski definition) is 2. The van der Waals surface area contributed by atoms with Gasteiger partial charge in [-0.05, 0) is 18.2 Å². The predicted octanol–water partition coefficient (Wildman–Crippen LogP) is 3.12. The number of aryl methyl sites for hydroxylation is 1. The molecule has 0 unspecified atom stereocenters. The van der Waals surface area contributed by atoms with Crippen molar-refractivity contribution < 1.29 is 0 Å². The van der Waals surface area contributed by atoms with Gasteiger partial charge >= 0.3 is 0 Å². The smallest absolute Gasteiger partial charge is 0.162 e. The SMILES string of the molecule is Cn1c(-c2n[nH]c3ccccc23)nc2ccccc21. The maximum atomic E-state index is 4.69. The lowest BCUT2D eigenvalue weighted by atomic mass is 10.2. The van der Waals surface area contributed by atoms with Crippen molar-refractivity contribution in [3.63, 3.8) is 0 Å². The molecule has 4 aromatic rings. The van der Waals surface area contributed by atoms with Crippen LogP contribution < -0.4 is 0 Å². The van der Waals surface area contributed by atoms with Gasteiger partial charge in [0.15, 0.2) is 5.82 Å². The first-order valence-corrected chi connectivity index (χ1v) is 6.19. The van der Waals surface area contributed by atoms with Crippen LogP contribution in [0.5, 0.6) is 0 Å². The van der Waals surface area contributed by atoms with Gasteiger partial charge in [0.05, 0.1) is 16.6 Å². The molecule has 0 saturated heterocycles. The third-order valence-electron chi connectivity index (χ3n) is 3.47. The highest BCUT2D eigenvalue weighted by atomic mass is 15.2. The molecule has 92 valence electrons. The minimum Gasteiger partial charge on any atom is -0.326 e. The third kappa shape index (κ3) is 1.40. The average molecular weight is 248 g/mol. The number of hydrogen-bond donors (Lipinski definition) is 1. The van der Waals surface area contributed by atoms with E-state index in [1.165, 1.54) is 0 Å². The molecule has 0 aliphatic rings. The maximum absolute atomic E-state index is 4.69. The van der Waals surface area contributed by atoms with Crippen LogP contribution >= 0.6 is 0 Å². The van der Waals surface area contributed by atoms with Gasteiger partial charge in [-0.15, -0.1) is 0 Å². The van der Waals surface area contributed by atoms with Gasteiger partial charge < -0.3 is 4.57 Å². The quantitative estimate of drug-likeness (QED) is 0.562. The largest absolute Gasteiger partial charge is 0.326 e. The minimum atomic E-state index is 0.888. The van der Waals surface area contributed by atoms with E-state index in [9.17, 15) is 0 Å². The summed E-state index contributed by atoms with van der Waals surface area (Å²) in [5, 5.41) is 8.57. The van der Waals surface area contributed by atoms with E-state index in [2.05, 4.69) is 31.9 Å². The Labute approximate surface area is 109 Å². The first-order chi connectivity index (χ1) is 9.34. The lowest BCUT2D eigenvalue weighted by molar-refractivity contribution is 0.946. The molecule has 2 aromatic carbocycles. The van der Waals surface area contributed by atoms with Crippen LogP contribution in [-0.2, 0) is 7.05 Å². The summed E-state index contributed by atoms with van der Waals surface area (Å²) in [5.74, 6) is 0.888. The van der Waals surface area contributed by atoms with E-state index in [-0.39, 0.29) is 0 Å². The Hall–Kier alpha value is -2.62. The van der Waals surface area contributed by atoms with Crippen molar-refractivity contribution in [2.45, 2.75) is 0 Å². The summed E-state index contributed by atoms with van der Waals surface area (Å²) >= 11 is 0. The molecular formula is C15H12N4. The second-order valence-electron chi connectivity index (χ2n) is 4.60. The summed E-state index contributed by atoms with van der Waals surface area (Å²) in [4.78, 5) is 4.69. The lowest BCUT2D eigenvalue weighted by Crippen LogP contribution is -1.92. The molecule has 4 heteroatoms. The van der Waals surface area contributed by atoms with Gasteiger partial charge in [-0.3, -0.25) is 5.10 Å². The van der Waals surface area contributed by atoms with Gasteiger partial charge in [0.1, 0.15) is 5.69 Å². The highest BCUT2D eigenvalue weighted by Crippen LogP contribution is 2.27. The molecule has 1 N–H and O–H groups in total. The zero-order chi connectivity index (χ0) is 12.8. The molecule has 19 heavy (non-hydrogen) atoms. The van der Waals surface area contributed by atoms with Crippen molar-refractivity contribution in [2.75, 3.05) is 0 Å². The molecule has 0 saturated carbocycles. The zero-order valence-corrected chi connectivity index (χ0v) is 10.5. The van der Waals surface area contributed by atoms with E-state index in [1.54, 1.807) is 0 Å². The fraction of sp³-hybridized carbons (Fsp3) is 0.0667. The lowest BCUT2D eigenvalue weighted by Gasteiger charge is -1.99. The third-order valence-corrected chi connectivity index (χ3v) is 3.47. The summed E-state index contributed by atoms with van der Waals surface area (Å²) in [6.45, 7) is 0. The molecule has 0 bridgehead atoms. The number of nitrogens with one attached hydrogen (secondary N) is 1. The van der Waals surface area contributed by atoms with Crippen LogP contribution in [0.25, 0.3) is 33.5 Å². The number of rotatable bonds is 1. The number of fused-ring (bicyclic) bond motifs is 2. The molecular weight excluding hydrogens is 236 g/mol. The monoisotopic (exact) mass is 248 g/mol. The van der Waals surface area contributed by atoms with Crippen molar-refractivity contribution in [3.8, 4) is 11.5 Å². The number of aromatic amines is 1. The number of benzene rings is 2. The number of aromatic nitrogens is 4. The molecule has 0 spiro atoms. The minimum absolute atomic E-state index is 0.888. The predicted molar refractivity (Wildman–Crippen MR) is 75.8 cm³/mol. The molecule has 0 radical (unpaired) electrons. The fourth-order valence-corrected chi connectivity index (χ4v) is 2.49. The molecule has 0 aliphatic heterocycles. The van der Waals surface area contributed by atoms with Gasteiger partial charge in [-0.2, -0.15) is 5.10 Å². The first-order valence-electron chi connectivity index (χ1n) is 6.19. The molecule has 0 aliphatic carbocycles. The number of H-pyrrole nitrogens is 1. The summed E-state index contributed by atoms with van der Waals surface area (Å²) in [5.41, 5.74) is 4.04. The Balaban J connectivity index is 2.07. The van der Waals surface area contributed by atoms with Crippen LogP contribution in [-0.4, -0.2) is 19.7 Å². The van der Waals surface area contributed by atoms with Crippen LogP contribution in [0.3, 0.4) is 0 Å². The van der Waals surface area contributed by atoms with Crippen LogP contribution in [0.2, 0.25) is 0 Å². The van der Waals surface area contributed by atoms with Crippen molar-refractivity contribution in [1.82, 2.24) is 19.7 Å². The highest BCUT2D eigenvalue weighted by molar-refractivity contribution is 5.93. The summed E-state index contributed by atoms with van der Waals surface area (Å²) in [6.07, 6.45) is 0. The molecule has 0 amide bonds. The summed E-state index contributed by atoms with van der Waals surface area (Å²) in [7, 11) is 2.02. The zero-order valence-electron chi connectivity index (χ0n) is 10.5. The summed E-state index contributed by atoms with van der Waals surface area (Å²) in [6, 6.07) is 16.2. The van der Waals surface area contributed by atoms with Crippen LogP contribution in [0.4, 0.5) is 0 Å². The van der Waals surface area contributed by atoms with E-state index < -0.39 is 0 Å². The number of nitrogens with zero attached hydrogens (tertiary/aromatic N) is 3. The van der Waals surface area contributed by atoms with Crippen molar-refractivity contribution in [2.24, 2.45) is 7.05 Å². The standard InChI is InChI=1S/C15H12N4/c1-19-13-9-5-4-8-12(13)16-15(19)14-10-6-2-3-7-11(10)17-18-14/h2-9H,1H3,(H,17,18). The Kier molecular flexibility index (Phi) is 2.00. The Morgan fingerprint density at radius 3 is 2.68 bits per heavy atom. The second-order valence-corrected chi connectivity index (χ2v) is 4.60. The van der Waals surface area contributed by atoms with Crippen molar-refractivity contribution in [1.29, 1.82) is 0 Å². The molecule has 0 atom stereocenters. The highest BCUT2D eigenvalue weighted by Gasteiger charge is 2.14. The maximum Gasteiger partial charge on any atom is 0.162 e. The molecule has 4 rings (SSSR count). The van der Waals surface area contributed by atoms with Crippen molar-refractivity contribution in [3.05, 3.63) is 48.5 Å². The van der Waals surface area contributed by atoms with Crippen LogP contribution in [0, 0.1) is 0 Å². The van der Waals surface area contributed by atoms with Gasteiger partial charge in [0.2, 0.25) is 0 Å². The fourth-order valence-electron chi connectivity index (χ4n) is 2.49. The van der Waals surface area contributed by atoms with E-state index in [1.807, 2.05) is 43.4 Å². The van der Waals surface area contributed by atoms with E-state index in [0.717, 1.165) is 33.5 Å². The Bertz CT molecular complexity index is 885. The topological polar surface area (TPSA) is 46.5 Å². The number of imidazole rings is 1. The van der Waals surface area contributed by atoms with Crippen molar-refractivity contribution >= 4 is 21.9 Å². The van der Waals surface area contributed by atoms with Gasteiger partial charge in [0.25, 0.3) is 0 Å². The Morgan fingerprint density at radius 2 is 1.79 bits per heavy atom. The summed E-state index contributed by atoms with van der Waals surface area (Å²) < 4.78 is 2.08. The molecule has 0 fully saturated rings. The van der Waals surface area contributed by atoms with Crippen LogP contribution in [0.1, 0.15) is 0 Å². The van der Waals surface area contributed by atoms with E-state index in [4.69, 9.17) is 0 Å². The number of para-hydroxylation sites is 3. The average Bonchev–Trinajstić information content (AvgIpc) is 3.01. The van der Waals surface area contributed by atoms with E-state index >= 15 is 0 Å². The second kappa shape index (κ2) is 3.68. The van der Waals surface area contributed by atoms with Crippen LogP contribution in [0.15, 0.2) is 48.5 Å². The van der Waals surface area contributed by atoms with Gasteiger partial charge in [-0.1, -0.05) is 30.3 Å². The Morgan fingerprint density at radius 1 is 1.00 bits per heavy atom. The first kappa shape index (κ1) is 10.3.